The maximum absolute atomic E-state index is 13.1. The summed E-state index contributed by atoms with van der Waals surface area (Å²) in [5.74, 6) is -0.822. The molecule has 0 radical (unpaired) electrons. The summed E-state index contributed by atoms with van der Waals surface area (Å²) in [4.78, 5) is 41.6. The van der Waals surface area contributed by atoms with E-state index in [1.54, 1.807) is 11.3 Å². The number of urea groups is 1. The summed E-state index contributed by atoms with van der Waals surface area (Å²) in [6, 6.07) is 12.9. The van der Waals surface area contributed by atoms with Crippen LogP contribution in [0.3, 0.4) is 0 Å². The van der Waals surface area contributed by atoms with Crippen LogP contribution in [0.4, 0.5) is 4.79 Å². The molecule has 1 saturated carbocycles. The van der Waals surface area contributed by atoms with Crippen LogP contribution in [0.1, 0.15) is 36.6 Å². The maximum atomic E-state index is 13.1. The van der Waals surface area contributed by atoms with Crippen molar-refractivity contribution in [2.45, 2.75) is 44.3 Å². The molecule has 1 aromatic carbocycles. The predicted octanol–water partition coefficient (Wildman–Crippen LogP) is 2.60. The number of nitrogens with one attached hydrogen (secondary N) is 2. The minimum absolute atomic E-state index is 0.143. The van der Waals surface area contributed by atoms with Crippen LogP contribution < -0.4 is 10.7 Å². The molecule has 0 bridgehead atoms. The lowest BCUT2D eigenvalue weighted by Gasteiger charge is -2.26. The van der Waals surface area contributed by atoms with E-state index >= 15 is 0 Å². The SMILES string of the molecule is CCC1(c2ccccc2)NC(=O)N(NC(=O)CN(Cc2cccs2)C2CC2)C1=O. The van der Waals surface area contributed by atoms with Gasteiger partial charge in [-0.1, -0.05) is 43.3 Å². The Balaban J connectivity index is 1.45. The minimum Gasteiger partial charge on any atom is -0.318 e. The quantitative estimate of drug-likeness (QED) is 0.653. The standard InChI is InChI=1S/C21H24N4O3S/c1-2-21(15-7-4-3-5-8-15)19(27)25(20(28)22-21)23-18(26)14-24(16-10-11-16)13-17-9-6-12-29-17/h3-9,12,16H,2,10-11,13-14H2,1H3,(H,22,28)(H,23,26). The van der Waals surface area contributed by atoms with Crippen molar-refractivity contribution in [2.75, 3.05) is 6.54 Å². The number of thiophene rings is 1. The van der Waals surface area contributed by atoms with Crippen molar-refractivity contribution in [3.05, 3.63) is 58.3 Å². The molecule has 2 N–H and O–H groups in total. The Morgan fingerprint density at radius 2 is 2.00 bits per heavy atom. The summed E-state index contributed by atoms with van der Waals surface area (Å²) in [6.07, 6.45) is 2.52. The Hall–Kier alpha value is -2.71. The highest BCUT2D eigenvalue weighted by atomic mass is 32.1. The van der Waals surface area contributed by atoms with Crippen molar-refractivity contribution >= 4 is 29.2 Å². The first-order valence-corrected chi connectivity index (χ1v) is 10.7. The van der Waals surface area contributed by atoms with Crippen molar-refractivity contribution in [3.8, 4) is 0 Å². The van der Waals surface area contributed by atoms with E-state index in [0.717, 1.165) is 17.9 Å². The topological polar surface area (TPSA) is 81.8 Å². The molecule has 1 aromatic heterocycles. The van der Waals surface area contributed by atoms with E-state index in [1.807, 2.05) is 54.8 Å². The smallest absolute Gasteiger partial charge is 0.318 e. The van der Waals surface area contributed by atoms with E-state index in [4.69, 9.17) is 0 Å². The number of carbonyl (C=O) groups is 3. The number of nitrogens with zero attached hydrogens (tertiary/aromatic N) is 2. The number of hydrogen-bond donors (Lipinski definition) is 2. The highest BCUT2D eigenvalue weighted by Gasteiger charge is 2.52. The van der Waals surface area contributed by atoms with Crippen LogP contribution in [0, 0.1) is 0 Å². The van der Waals surface area contributed by atoms with Crippen LogP contribution in [-0.4, -0.2) is 40.3 Å². The molecule has 2 aromatic rings. The molecular weight excluding hydrogens is 388 g/mol. The third-order valence-corrected chi connectivity index (χ3v) is 6.34. The van der Waals surface area contributed by atoms with Gasteiger partial charge in [0.1, 0.15) is 5.54 Å². The molecule has 2 fully saturated rings. The van der Waals surface area contributed by atoms with Gasteiger partial charge in [0.2, 0.25) is 0 Å². The normalized spacial score (nSPS) is 21.5. The number of hydrogen-bond acceptors (Lipinski definition) is 5. The number of rotatable bonds is 8. The lowest BCUT2D eigenvalue weighted by molar-refractivity contribution is -0.140. The van der Waals surface area contributed by atoms with Crippen LogP contribution >= 0.6 is 11.3 Å². The summed E-state index contributed by atoms with van der Waals surface area (Å²) in [6.45, 7) is 2.68. The van der Waals surface area contributed by atoms with Gasteiger partial charge in [-0.05, 0) is 36.3 Å². The van der Waals surface area contributed by atoms with E-state index in [2.05, 4.69) is 15.6 Å². The van der Waals surface area contributed by atoms with Gasteiger partial charge in [0, 0.05) is 17.5 Å². The van der Waals surface area contributed by atoms with Crippen molar-refractivity contribution < 1.29 is 14.4 Å². The summed E-state index contributed by atoms with van der Waals surface area (Å²) < 4.78 is 0. The second kappa shape index (κ2) is 7.96. The van der Waals surface area contributed by atoms with Gasteiger partial charge >= 0.3 is 6.03 Å². The molecule has 1 aliphatic carbocycles. The molecule has 7 nitrogen and oxygen atoms in total. The third kappa shape index (κ3) is 3.90. The Kier molecular flexibility index (Phi) is 5.38. The van der Waals surface area contributed by atoms with Gasteiger partial charge < -0.3 is 5.32 Å². The molecule has 8 heteroatoms. The molecule has 1 atom stereocenters. The van der Waals surface area contributed by atoms with E-state index in [0.29, 0.717) is 24.6 Å². The predicted molar refractivity (Wildman–Crippen MR) is 110 cm³/mol. The summed E-state index contributed by atoms with van der Waals surface area (Å²) >= 11 is 1.66. The molecule has 1 aliphatic heterocycles. The Labute approximate surface area is 173 Å². The van der Waals surface area contributed by atoms with Crippen molar-refractivity contribution in [1.82, 2.24) is 20.7 Å². The van der Waals surface area contributed by atoms with E-state index < -0.39 is 17.5 Å². The second-order valence-corrected chi connectivity index (χ2v) is 8.48. The van der Waals surface area contributed by atoms with E-state index in [1.165, 1.54) is 4.88 Å². The van der Waals surface area contributed by atoms with Gasteiger partial charge in [0.25, 0.3) is 11.8 Å². The molecule has 4 rings (SSSR count). The van der Waals surface area contributed by atoms with Gasteiger partial charge in [0.05, 0.1) is 6.54 Å². The Morgan fingerprint density at radius 3 is 2.62 bits per heavy atom. The first kappa shape index (κ1) is 19.6. The van der Waals surface area contributed by atoms with Crippen LogP contribution in [0.15, 0.2) is 47.8 Å². The van der Waals surface area contributed by atoms with Gasteiger partial charge in [-0.2, -0.15) is 5.01 Å². The molecule has 29 heavy (non-hydrogen) atoms. The van der Waals surface area contributed by atoms with Crippen molar-refractivity contribution in [2.24, 2.45) is 0 Å². The first-order valence-electron chi connectivity index (χ1n) is 9.81. The van der Waals surface area contributed by atoms with Crippen molar-refractivity contribution in [1.29, 1.82) is 0 Å². The monoisotopic (exact) mass is 412 g/mol. The summed E-state index contributed by atoms with van der Waals surface area (Å²) in [7, 11) is 0. The fourth-order valence-electron chi connectivity index (χ4n) is 3.74. The van der Waals surface area contributed by atoms with Gasteiger partial charge in [-0.15, -0.1) is 11.3 Å². The lowest BCUT2D eigenvalue weighted by atomic mass is 9.87. The van der Waals surface area contributed by atoms with Crippen LogP contribution in [0.2, 0.25) is 0 Å². The average Bonchev–Trinajstić information content (AvgIpc) is 3.40. The molecule has 4 amide bonds. The fourth-order valence-corrected chi connectivity index (χ4v) is 4.47. The number of carbonyl (C=O) groups excluding carboxylic acids is 3. The first-order chi connectivity index (χ1) is 14.0. The van der Waals surface area contributed by atoms with E-state index in [-0.39, 0.29) is 12.5 Å². The van der Waals surface area contributed by atoms with E-state index in [9.17, 15) is 14.4 Å². The largest absolute Gasteiger partial charge is 0.344 e. The molecule has 2 heterocycles. The van der Waals surface area contributed by atoms with Crippen LogP contribution in [0.5, 0.6) is 0 Å². The Morgan fingerprint density at radius 1 is 1.24 bits per heavy atom. The van der Waals surface area contributed by atoms with Crippen LogP contribution in [-0.2, 0) is 21.7 Å². The molecule has 1 unspecified atom stereocenters. The molecule has 2 aliphatic rings. The number of imide groups is 1. The van der Waals surface area contributed by atoms with Gasteiger partial charge in [0.15, 0.2) is 0 Å². The number of amides is 4. The highest BCUT2D eigenvalue weighted by molar-refractivity contribution is 7.09. The summed E-state index contributed by atoms with van der Waals surface area (Å²) in [5, 5.41) is 5.62. The zero-order chi connectivity index (χ0) is 20.4. The molecule has 152 valence electrons. The van der Waals surface area contributed by atoms with Crippen molar-refractivity contribution in [3.63, 3.8) is 0 Å². The van der Waals surface area contributed by atoms with Gasteiger partial charge in [-0.25, -0.2) is 4.79 Å². The zero-order valence-electron chi connectivity index (χ0n) is 16.3. The fraction of sp³-hybridized carbons (Fsp3) is 0.381. The summed E-state index contributed by atoms with van der Waals surface area (Å²) in [5.41, 5.74) is 2.07. The molecule has 1 saturated heterocycles. The van der Waals surface area contributed by atoms with Gasteiger partial charge in [-0.3, -0.25) is 19.9 Å². The zero-order valence-corrected chi connectivity index (χ0v) is 17.1. The molecule has 0 spiro atoms. The lowest BCUT2D eigenvalue weighted by Crippen LogP contribution is -2.51. The average molecular weight is 413 g/mol. The second-order valence-electron chi connectivity index (χ2n) is 7.45. The minimum atomic E-state index is -1.15. The van der Waals surface area contributed by atoms with Crippen LogP contribution in [0.25, 0.3) is 0 Å². The third-order valence-electron chi connectivity index (χ3n) is 5.47. The highest BCUT2D eigenvalue weighted by Crippen LogP contribution is 2.32. The maximum Gasteiger partial charge on any atom is 0.344 e. The number of hydrazine groups is 1. The number of benzene rings is 1. The Bertz CT molecular complexity index is 898. The molecular formula is C21H24N4O3S.